The number of hydrogen-bond donors (Lipinski definition) is 3. The zero-order valence-corrected chi connectivity index (χ0v) is 26.9. The molecule has 0 aliphatic carbocycles. The van der Waals surface area contributed by atoms with Gasteiger partial charge < -0.3 is 30.2 Å². The van der Waals surface area contributed by atoms with Crippen LogP contribution >= 0.6 is 0 Å². The SMILES string of the molecule is C#Cc1cccc(Nc2ncnc3cc(OC)c(OCCNC(=O)[C@H](CCCCCC(C)=O)NC(=O)C4CCCCN4C)cc23)c1. The highest BCUT2D eigenvalue weighted by atomic mass is 16.5. The number of ketones is 1. The van der Waals surface area contributed by atoms with Gasteiger partial charge in [-0.15, -0.1) is 6.42 Å². The fraction of sp³-hybridized carbons (Fsp3) is 0.457. The van der Waals surface area contributed by atoms with Crippen LogP contribution in [0.2, 0.25) is 0 Å². The monoisotopic (exact) mass is 628 g/mol. The van der Waals surface area contributed by atoms with Crippen LogP contribution < -0.4 is 25.4 Å². The summed E-state index contributed by atoms with van der Waals surface area (Å²) in [4.78, 5) is 48.6. The molecule has 2 atom stereocenters. The predicted octanol–water partition coefficient (Wildman–Crippen LogP) is 4.37. The molecule has 11 heteroatoms. The number of rotatable bonds is 16. The van der Waals surface area contributed by atoms with E-state index in [1.165, 1.54) is 6.33 Å². The lowest BCUT2D eigenvalue weighted by Gasteiger charge is -2.32. The molecule has 3 aromatic rings. The Kier molecular flexibility index (Phi) is 12.7. The molecule has 11 nitrogen and oxygen atoms in total. The molecule has 244 valence electrons. The van der Waals surface area contributed by atoms with E-state index in [2.05, 4.69) is 31.8 Å². The molecule has 1 saturated heterocycles. The predicted molar refractivity (Wildman–Crippen MR) is 178 cm³/mol. The number of likely N-dealkylation sites (N-methyl/N-ethyl adjacent to an activating group) is 1. The van der Waals surface area contributed by atoms with Gasteiger partial charge in [-0.1, -0.05) is 31.2 Å². The molecule has 0 radical (unpaired) electrons. The smallest absolute Gasteiger partial charge is 0.242 e. The second kappa shape index (κ2) is 17.1. The van der Waals surface area contributed by atoms with Crippen molar-refractivity contribution in [2.75, 3.05) is 39.2 Å². The number of piperidine rings is 1. The average Bonchev–Trinajstić information content (AvgIpc) is 3.05. The summed E-state index contributed by atoms with van der Waals surface area (Å²) in [7, 11) is 3.50. The lowest BCUT2D eigenvalue weighted by molar-refractivity contribution is -0.132. The molecule has 3 N–H and O–H groups in total. The van der Waals surface area contributed by atoms with Crippen LogP contribution in [0.15, 0.2) is 42.7 Å². The molecule has 1 aliphatic heterocycles. The Balaban J connectivity index is 1.39. The van der Waals surface area contributed by atoms with Gasteiger partial charge in [-0.05, 0) is 70.5 Å². The van der Waals surface area contributed by atoms with Gasteiger partial charge >= 0.3 is 0 Å². The Morgan fingerprint density at radius 1 is 1.11 bits per heavy atom. The van der Waals surface area contributed by atoms with E-state index in [4.69, 9.17) is 15.9 Å². The van der Waals surface area contributed by atoms with Gasteiger partial charge in [0.1, 0.15) is 30.6 Å². The number of nitrogens with one attached hydrogen (secondary N) is 3. The fourth-order valence-electron chi connectivity index (χ4n) is 5.56. The second-order valence-corrected chi connectivity index (χ2v) is 11.6. The summed E-state index contributed by atoms with van der Waals surface area (Å²) in [6.07, 6.45) is 13.2. The number of hydrogen-bond acceptors (Lipinski definition) is 9. The van der Waals surface area contributed by atoms with Gasteiger partial charge in [0.2, 0.25) is 11.8 Å². The first-order chi connectivity index (χ1) is 22.3. The van der Waals surface area contributed by atoms with Crippen LogP contribution in [0.4, 0.5) is 11.5 Å². The number of benzene rings is 2. The van der Waals surface area contributed by atoms with E-state index in [0.717, 1.165) is 56.3 Å². The van der Waals surface area contributed by atoms with Crippen molar-refractivity contribution in [2.45, 2.75) is 70.4 Å². The fourth-order valence-corrected chi connectivity index (χ4v) is 5.56. The van der Waals surface area contributed by atoms with Crippen molar-refractivity contribution in [1.29, 1.82) is 0 Å². The molecule has 46 heavy (non-hydrogen) atoms. The maximum Gasteiger partial charge on any atom is 0.242 e. The molecule has 1 aromatic heterocycles. The van der Waals surface area contributed by atoms with Crippen LogP contribution in [-0.4, -0.2) is 78.4 Å². The molecule has 0 spiro atoms. The zero-order valence-electron chi connectivity index (χ0n) is 26.9. The van der Waals surface area contributed by atoms with Crippen LogP contribution in [-0.2, 0) is 14.4 Å². The minimum Gasteiger partial charge on any atom is -0.493 e. The number of ether oxygens (including phenoxy) is 2. The number of unbranched alkanes of at least 4 members (excludes halogenated alkanes) is 2. The van der Waals surface area contributed by atoms with Crippen molar-refractivity contribution in [3.63, 3.8) is 0 Å². The first-order valence-electron chi connectivity index (χ1n) is 15.9. The number of aromatic nitrogens is 2. The first kappa shape index (κ1) is 34.2. The number of likely N-dealkylation sites (tertiary alicyclic amines) is 1. The summed E-state index contributed by atoms with van der Waals surface area (Å²) < 4.78 is 11.6. The maximum atomic E-state index is 13.3. The molecule has 1 aliphatic rings. The normalized spacial score (nSPS) is 15.4. The molecule has 0 bridgehead atoms. The largest absolute Gasteiger partial charge is 0.493 e. The standard InChI is InChI=1S/C35H44N6O5/c1-5-25-13-11-14-26(20-25)39-33-27-21-32(31(45-4)22-29(27)37-23-38-33)46-19-17-36-34(43)28(15-8-6-7-12-24(2)42)40-35(44)30-16-9-10-18-41(30)3/h1,11,13-14,20-23,28,30H,6-10,12,15-19H2,2-4H3,(H,36,43)(H,40,44)(H,37,38,39)/t28-,30?/m0/s1. The Hall–Kier alpha value is -4.69. The molecular weight excluding hydrogens is 584 g/mol. The summed E-state index contributed by atoms with van der Waals surface area (Å²) in [5, 5.41) is 9.93. The number of carbonyl (C=O) groups excluding carboxylic acids is 3. The summed E-state index contributed by atoms with van der Waals surface area (Å²) in [6, 6.07) is 10.1. The number of terminal acetylenes is 1. The summed E-state index contributed by atoms with van der Waals surface area (Å²) in [5.74, 6) is 3.93. The van der Waals surface area contributed by atoms with Crippen molar-refractivity contribution >= 4 is 40.0 Å². The third-order valence-corrected chi connectivity index (χ3v) is 8.10. The van der Waals surface area contributed by atoms with E-state index >= 15 is 0 Å². The number of carbonyl (C=O) groups is 3. The van der Waals surface area contributed by atoms with Crippen LogP contribution in [0.5, 0.6) is 11.5 Å². The Morgan fingerprint density at radius 3 is 2.72 bits per heavy atom. The molecule has 1 unspecified atom stereocenters. The summed E-state index contributed by atoms with van der Waals surface area (Å²) >= 11 is 0. The van der Waals surface area contributed by atoms with E-state index in [1.54, 1.807) is 26.2 Å². The van der Waals surface area contributed by atoms with Gasteiger partial charge in [0, 0.05) is 29.1 Å². The van der Waals surface area contributed by atoms with E-state index in [9.17, 15) is 14.4 Å². The quantitative estimate of drug-likeness (QED) is 0.156. The van der Waals surface area contributed by atoms with E-state index < -0.39 is 6.04 Å². The highest BCUT2D eigenvalue weighted by Crippen LogP contribution is 2.34. The number of anilines is 2. The lowest BCUT2D eigenvalue weighted by Crippen LogP contribution is -2.54. The molecule has 4 rings (SSSR count). The van der Waals surface area contributed by atoms with Gasteiger partial charge in [0.05, 0.1) is 25.2 Å². The van der Waals surface area contributed by atoms with Crippen LogP contribution in [0.3, 0.4) is 0 Å². The molecule has 0 saturated carbocycles. The molecule has 2 aromatic carbocycles. The topological polar surface area (TPSA) is 135 Å². The van der Waals surface area contributed by atoms with Gasteiger partial charge in [-0.25, -0.2) is 9.97 Å². The third-order valence-electron chi connectivity index (χ3n) is 8.10. The van der Waals surface area contributed by atoms with Gasteiger partial charge in [0.25, 0.3) is 0 Å². The van der Waals surface area contributed by atoms with Gasteiger partial charge in [-0.3, -0.25) is 14.5 Å². The minimum absolute atomic E-state index is 0.124. The first-order valence-corrected chi connectivity index (χ1v) is 15.9. The lowest BCUT2D eigenvalue weighted by atomic mass is 10.0. The molecular formula is C35H44N6O5. The van der Waals surface area contributed by atoms with Gasteiger partial charge in [-0.2, -0.15) is 0 Å². The highest BCUT2D eigenvalue weighted by Gasteiger charge is 2.29. The molecule has 1 fully saturated rings. The van der Waals surface area contributed by atoms with E-state index in [0.29, 0.717) is 41.1 Å². The Bertz CT molecular complexity index is 1550. The number of Topliss-reactive ketones (excluding diaryl/α,β-unsaturated/α-hetero) is 1. The number of methoxy groups -OCH3 is 1. The van der Waals surface area contributed by atoms with Crippen LogP contribution in [0, 0.1) is 12.3 Å². The van der Waals surface area contributed by atoms with E-state index in [-0.39, 0.29) is 36.8 Å². The Labute approximate surface area is 270 Å². The number of nitrogens with zero attached hydrogens (tertiary/aromatic N) is 3. The zero-order chi connectivity index (χ0) is 32.9. The van der Waals surface area contributed by atoms with Crippen LogP contribution in [0.1, 0.15) is 63.9 Å². The van der Waals surface area contributed by atoms with Crippen LogP contribution in [0.25, 0.3) is 10.9 Å². The number of fused-ring (bicyclic) bond motifs is 1. The molecule has 2 amide bonds. The second-order valence-electron chi connectivity index (χ2n) is 11.6. The van der Waals surface area contributed by atoms with E-state index in [1.807, 2.05) is 36.2 Å². The minimum atomic E-state index is -0.672. The van der Waals surface area contributed by atoms with Gasteiger partial charge in [0.15, 0.2) is 11.5 Å². The molecule has 2 heterocycles. The third kappa shape index (κ3) is 9.65. The van der Waals surface area contributed by atoms with Crippen molar-refractivity contribution in [3.8, 4) is 23.8 Å². The van der Waals surface area contributed by atoms with Crippen molar-refractivity contribution in [2.24, 2.45) is 0 Å². The van der Waals surface area contributed by atoms with Crippen molar-refractivity contribution in [3.05, 3.63) is 48.3 Å². The highest BCUT2D eigenvalue weighted by molar-refractivity contribution is 5.93. The average molecular weight is 629 g/mol. The summed E-state index contributed by atoms with van der Waals surface area (Å²) in [6.45, 7) is 2.82. The number of amides is 2. The van der Waals surface area contributed by atoms with Crippen molar-refractivity contribution in [1.82, 2.24) is 25.5 Å². The maximum absolute atomic E-state index is 13.3. The Morgan fingerprint density at radius 2 is 1.96 bits per heavy atom. The van der Waals surface area contributed by atoms with Crippen molar-refractivity contribution < 1.29 is 23.9 Å². The summed E-state index contributed by atoms with van der Waals surface area (Å²) in [5.41, 5.74) is 2.19.